The van der Waals surface area contributed by atoms with E-state index in [1.165, 1.54) is 31.4 Å². The number of hydrogen-bond acceptors (Lipinski definition) is 2. The summed E-state index contributed by atoms with van der Waals surface area (Å²) in [6, 6.07) is 6.99. The van der Waals surface area contributed by atoms with Gasteiger partial charge in [-0.2, -0.15) is 0 Å². The lowest BCUT2D eigenvalue weighted by molar-refractivity contribution is 0.122. The van der Waals surface area contributed by atoms with E-state index in [4.69, 9.17) is 18.0 Å². The first-order valence-electron chi connectivity index (χ1n) is 6.94. The van der Waals surface area contributed by atoms with E-state index in [0.29, 0.717) is 11.0 Å². The van der Waals surface area contributed by atoms with Gasteiger partial charge >= 0.3 is 0 Å². The first-order chi connectivity index (χ1) is 9.13. The van der Waals surface area contributed by atoms with Gasteiger partial charge in [0.15, 0.2) is 0 Å². The van der Waals surface area contributed by atoms with E-state index < -0.39 is 0 Å². The highest BCUT2D eigenvalue weighted by Crippen LogP contribution is 2.30. The number of nitrogens with two attached hydrogens (primary N) is 1. The maximum atomic E-state index is 13.1. The van der Waals surface area contributed by atoms with Crippen molar-refractivity contribution in [1.82, 2.24) is 4.90 Å². The first-order valence-corrected chi connectivity index (χ1v) is 7.34. The van der Waals surface area contributed by atoms with Gasteiger partial charge in [0, 0.05) is 6.04 Å². The molecule has 0 saturated carbocycles. The lowest BCUT2D eigenvalue weighted by atomic mass is 9.95. The Labute approximate surface area is 119 Å². The zero-order valence-electron chi connectivity index (χ0n) is 11.3. The molecule has 1 fully saturated rings. The normalized spacial score (nSPS) is 22.1. The summed E-state index contributed by atoms with van der Waals surface area (Å²) >= 11 is 5.26. The zero-order valence-corrected chi connectivity index (χ0v) is 12.1. The number of benzene rings is 1. The molecule has 2 N–H and O–H groups in total. The fourth-order valence-electron chi connectivity index (χ4n) is 2.97. The molecule has 1 saturated heterocycles. The molecule has 1 aromatic carbocycles. The molecule has 19 heavy (non-hydrogen) atoms. The van der Waals surface area contributed by atoms with Gasteiger partial charge in [-0.05, 0) is 43.5 Å². The highest BCUT2D eigenvalue weighted by atomic mass is 32.1. The molecule has 0 radical (unpaired) electrons. The van der Waals surface area contributed by atoms with Crippen LogP contribution in [0.5, 0.6) is 0 Å². The van der Waals surface area contributed by atoms with Gasteiger partial charge in [0.05, 0.1) is 11.0 Å². The maximum absolute atomic E-state index is 13.1. The van der Waals surface area contributed by atoms with Crippen molar-refractivity contribution in [3.8, 4) is 0 Å². The van der Waals surface area contributed by atoms with E-state index in [9.17, 15) is 4.39 Å². The Balaban J connectivity index is 2.28. The van der Waals surface area contributed by atoms with Crippen molar-refractivity contribution >= 4 is 17.2 Å². The minimum absolute atomic E-state index is 0.0687. The van der Waals surface area contributed by atoms with Crippen LogP contribution in [-0.2, 0) is 0 Å². The van der Waals surface area contributed by atoms with E-state index in [0.717, 1.165) is 18.5 Å². The largest absolute Gasteiger partial charge is 0.392 e. The van der Waals surface area contributed by atoms with E-state index >= 15 is 0 Å². The summed E-state index contributed by atoms with van der Waals surface area (Å²) < 4.78 is 13.1. The van der Waals surface area contributed by atoms with Crippen molar-refractivity contribution in [2.24, 2.45) is 5.73 Å². The molecule has 1 aliphatic heterocycles. The third-order valence-electron chi connectivity index (χ3n) is 3.93. The molecule has 2 unspecified atom stereocenters. The van der Waals surface area contributed by atoms with Gasteiger partial charge < -0.3 is 5.73 Å². The van der Waals surface area contributed by atoms with Crippen LogP contribution < -0.4 is 5.73 Å². The summed E-state index contributed by atoms with van der Waals surface area (Å²) in [5.74, 6) is -0.226. The number of rotatable bonds is 4. The molecule has 2 nitrogen and oxygen atoms in total. The molecule has 0 amide bonds. The Morgan fingerprint density at radius 3 is 2.68 bits per heavy atom. The number of likely N-dealkylation sites (tertiary alicyclic amines) is 1. The summed E-state index contributed by atoms with van der Waals surface area (Å²) in [5.41, 5.74) is 6.95. The van der Waals surface area contributed by atoms with Crippen LogP contribution in [0.3, 0.4) is 0 Å². The minimum Gasteiger partial charge on any atom is -0.392 e. The second-order valence-corrected chi connectivity index (χ2v) is 5.62. The van der Waals surface area contributed by atoms with Crippen LogP contribution in [0, 0.1) is 5.82 Å². The number of hydrogen-bond donors (Lipinski definition) is 1. The second-order valence-electron chi connectivity index (χ2n) is 5.15. The summed E-state index contributed by atoms with van der Waals surface area (Å²) in [6.07, 6.45) is 4.73. The standard InChI is InChI=1S/C15H21FN2S/c1-2-13-5-3-4-10-18(13)14(15(17)19)11-6-8-12(16)9-7-11/h6-9,13-14H,2-5,10H2,1H3,(H2,17,19). The maximum Gasteiger partial charge on any atom is 0.123 e. The Kier molecular flexibility index (Phi) is 4.88. The molecule has 2 atom stereocenters. The third kappa shape index (κ3) is 3.31. The Morgan fingerprint density at radius 2 is 2.11 bits per heavy atom. The average Bonchev–Trinajstić information content (AvgIpc) is 2.41. The van der Waals surface area contributed by atoms with Gasteiger partial charge in [0.2, 0.25) is 0 Å². The van der Waals surface area contributed by atoms with Gasteiger partial charge in [0.1, 0.15) is 5.82 Å². The summed E-state index contributed by atoms with van der Waals surface area (Å²) in [7, 11) is 0. The predicted molar refractivity (Wildman–Crippen MR) is 80.6 cm³/mol. The lowest BCUT2D eigenvalue weighted by Crippen LogP contribution is -2.45. The molecule has 0 aromatic heterocycles. The van der Waals surface area contributed by atoms with Gasteiger partial charge in [-0.1, -0.05) is 37.7 Å². The molecule has 0 aliphatic carbocycles. The Morgan fingerprint density at radius 1 is 1.42 bits per heavy atom. The van der Waals surface area contributed by atoms with Crippen molar-refractivity contribution in [2.45, 2.75) is 44.7 Å². The van der Waals surface area contributed by atoms with Crippen molar-refractivity contribution in [2.75, 3.05) is 6.54 Å². The van der Waals surface area contributed by atoms with Gasteiger partial charge in [-0.25, -0.2) is 4.39 Å². The monoisotopic (exact) mass is 280 g/mol. The van der Waals surface area contributed by atoms with Crippen molar-refractivity contribution in [1.29, 1.82) is 0 Å². The minimum atomic E-state index is -0.226. The van der Waals surface area contributed by atoms with E-state index in [-0.39, 0.29) is 11.9 Å². The van der Waals surface area contributed by atoms with E-state index in [2.05, 4.69) is 11.8 Å². The Bertz CT molecular complexity index is 432. The highest BCUT2D eigenvalue weighted by molar-refractivity contribution is 7.80. The quantitative estimate of drug-likeness (QED) is 0.857. The molecule has 104 valence electrons. The Hall–Kier alpha value is -1.00. The van der Waals surface area contributed by atoms with Crippen LogP contribution >= 0.6 is 12.2 Å². The van der Waals surface area contributed by atoms with Gasteiger partial charge in [0.25, 0.3) is 0 Å². The number of nitrogens with zero attached hydrogens (tertiary/aromatic N) is 1. The van der Waals surface area contributed by atoms with Crippen LogP contribution in [-0.4, -0.2) is 22.5 Å². The molecule has 1 aromatic rings. The fraction of sp³-hybridized carbons (Fsp3) is 0.533. The summed E-state index contributed by atoms with van der Waals surface area (Å²) in [6.45, 7) is 3.21. The summed E-state index contributed by atoms with van der Waals surface area (Å²) in [5, 5.41) is 0. The molecule has 1 aliphatic rings. The fourth-order valence-corrected chi connectivity index (χ4v) is 3.24. The van der Waals surface area contributed by atoms with Crippen molar-refractivity contribution in [3.63, 3.8) is 0 Å². The van der Waals surface area contributed by atoms with Gasteiger partial charge in [-0.15, -0.1) is 0 Å². The summed E-state index contributed by atoms with van der Waals surface area (Å²) in [4.78, 5) is 2.87. The first kappa shape index (κ1) is 14.4. The molecule has 0 spiro atoms. The number of halogens is 1. The molecular formula is C15H21FN2S. The van der Waals surface area contributed by atoms with Gasteiger partial charge in [-0.3, -0.25) is 4.90 Å². The van der Waals surface area contributed by atoms with Crippen molar-refractivity contribution in [3.05, 3.63) is 35.6 Å². The molecule has 1 heterocycles. The van der Waals surface area contributed by atoms with Crippen molar-refractivity contribution < 1.29 is 4.39 Å². The molecule has 2 rings (SSSR count). The SMILES string of the molecule is CCC1CCCCN1C(C(N)=S)c1ccc(F)cc1. The zero-order chi connectivity index (χ0) is 13.8. The lowest BCUT2D eigenvalue weighted by Gasteiger charge is -2.40. The van der Waals surface area contributed by atoms with Crippen LogP contribution in [0.1, 0.15) is 44.2 Å². The van der Waals surface area contributed by atoms with Crippen LogP contribution in [0.25, 0.3) is 0 Å². The van der Waals surface area contributed by atoms with Crippen LogP contribution in [0.15, 0.2) is 24.3 Å². The molecular weight excluding hydrogens is 259 g/mol. The predicted octanol–water partition coefficient (Wildman–Crippen LogP) is 3.42. The smallest absolute Gasteiger partial charge is 0.123 e. The number of thiocarbonyl (C=S) groups is 1. The average molecular weight is 280 g/mol. The third-order valence-corrected chi connectivity index (χ3v) is 4.15. The van der Waals surface area contributed by atoms with E-state index in [1.807, 2.05) is 0 Å². The highest BCUT2D eigenvalue weighted by Gasteiger charge is 2.30. The van der Waals surface area contributed by atoms with E-state index in [1.54, 1.807) is 12.1 Å². The topological polar surface area (TPSA) is 29.3 Å². The number of piperidine rings is 1. The van der Waals surface area contributed by atoms with Crippen LogP contribution in [0.2, 0.25) is 0 Å². The molecule has 4 heteroatoms. The van der Waals surface area contributed by atoms with Crippen LogP contribution in [0.4, 0.5) is 4.39 Å². The molecule has 0 bridgehead atoms. The second kappa shape index (κ2) is 6.44.